The first-order valence-electron chi connectivity index (χ1n) is 8.60. The van der Waals surface area contributed by atoms with Gasteiger partial charge in [-0.1, -0.05) is 6.92 Å². The van der Waals surface area contributed by atoms with E-state index in [1.165, 1.54) is 24.3 Å². The third kappa shape index (κ3) is 4.55. The second kappa shape index (κ2) is 8.05. The summed E-state index contributed by atoms with van der Waals surface area (Å²) in [5, 5.41) is 2.70. The van der Waals surface area contributed by atoms with E-state index < -0.39 is 15.9 Å². The maximum absolute atomic E-state index is 13.4. The highest BCUT2D eigenvalue weighted by atomic mass is 32.2. The zero-order valence-corrected chi connectivity index (χ0v) is 16.7. The van der Waals surface area contributed by atoms with Crippen LogP contribution in [0.4, 0.5) is 10.1 Å². The number of anilines is 1. The molecule has 27 heavy (non-hydrogen) atoms. The second-order valence-electron chi connectivity index (χ2n) is 6.36. The monoisotopic (exact) mass is 412 g/mol. The molecule has 9 heteroatoms. The Balaban J connectivity index is 1.82. The molecule has 0 saturated carbocycles. The van der Waals surface area contributed by atoms with Crippen molar-refractivity contribution in [2.24, 2.45) is 0 Å². The van der Waals surface area contributed by atoms with Crippen molar-refractivity contribution in [3.63, 3.8) is 0 Å². The molecule has 1 aliphatic heterocycles. The van der Waals surface area contributed by atoms with E-state index in [0.717, 1.165) is 11.3 Å². The molecule has 0 aliphatic carbocycles. The number of thiophene rings is 1. The third-order valence-electron chi connectivity index (χ3n) is 4.28. The van der Waals surface area contributed by atoms with Crippen molar-refractivity contribution >= 4 is 33.0 Å². The van der Waals surface area contributed by atoms with Crippen molar-refractivity contribution in [3.8, 4) is 0 Å². The quantitative estimate of drug-likeness (QED) is 0.764. The molecule has 146 valence electrons. The zero-order chi connectivity index (χ0) is 19.6. The molecule has 1 aliphatic rings. The van der Waals surface area contributed by atoms with E-state index in [0.29, 0.717) is 47.7 Å². The summed E-state index contributed by atoms with van der Waals surface area (Å²) in [7, 11) is -3.72. The third-order valence-corrected chi connectivity index (χ3v) is 7.56. The summed E-state index contributed by atoms with van der Waals surface area (Å²) in [6.07, 6.45) is 1.15. The summed E-state index contributed by atoms with van der Waals surface area (Å²) in [5.41, 5.74) is 1.19. The normalized spacial score (nSPS) is 17.2. The molecule has 0 bridgehead atoms. The van der Waals surface area contributed by atoms with Crippen LogP contribution in [0.1, 0.15) is 34.1 Å². The van der Waals surface area contributed by atoms with E-state index in [-0.39, 0.29) is 16.1 Å². The highest BCUT2D eigenvalue weighted by molar-refractivity contribution is 7.91. The molecule has 0 radical (unpaired) electrons. The lowest BCUT2D eigenvalue weighted by Crippen LogP contribution is -2.34. The lowest BCUT2D eigenvalue weighted by molar-refractivity contribution is 0.102. The fourth-order valence-electron chi connectivity index (χ4n) is 2.82. The molecule has 6 nitrogen and oxygen atoms in total. The smallest absolute Gasteiger partial charge is 0.256 e. The van der Waals surface area contributed by atoms with Gasteiger partial charge in [0, 0.05) is 23.2 Å². The topological polar surface area (TPSA) is 84.5 Å². The van der Waals surface area contributed by atoms with Crippen molar-refractivity contribution in [2.75, 3.05) is 18.5 Å². The molecule has 1 atom stereocenters. The molecule has 1 fully saturated rings. The molecule has 3 rings (SSSR count). The molecule has 1 amide bonds. The van der Waals surface area contributed by atoms with Crippen LogP contribution in [0.15, 0.2) is 28.5 Å². The molecule has 0 spiro atoms. The predicted octanol–water partition coefficient (Wildman–Crippen LogP) is 3.08. The van der Waals surface area contributed by atoms with E-state index in [9.17, 15) is 17.6 Å². The summed E-state index contributed by atoms with van der Waals surface area (Å²) < 4.78 is 46.5. The number of benzene rings is 1. The van der Waals surface area contributed by atoms with E-state index in [4.69, 9.17) is 4.74 Å². The van der Waals surface area contributed by atoms with Gasteiger partial charge in [-0.05, 0) is 49.6 Å². The number of rotatable bonds is 6. The molecule has 2 heterocycles. The summed E-state index contributed by atoms with van der Waals surface area (Å²) in [5.74, 6) is -0.770. The number of carbonyl (C=O) groups excluding carboxylic acids is 1. The van der Waals surface area contributed by atoms with Crippen molar-refractivity contribution in [1.82, 2.24) is 4.72 Å². The van der Waals surface area contributed by atoms with Crippen LogP contribution in [-0.2, 0) is 21.2 Å². The number of sulfonamides is 1. The molecule has 2 aromatic rings. The Hall–Kier alpha value is -1.81. The zero-order valence-electron chi connectivity index (χ0n) is 15.0. The van der Waals surface area contributed by atoms with Crippen LogP contribution in [-0.4, -0.2) is 33.6 Å². The molecular weight excluding hydrogens is 391 g/mol. The van der Waals surface area contributed by atoms with Gasteiger partial charge in [0.15, 0.2) is 0 Å². The van der Waals surface area contributed by atoms with Crippen LogP contribution in [0.2, 0.25) is 0 Å². The Morgan fingerprint density at radius 3 is 2.78 bits per heavy atom. The van der Waals surface area contributed by atoms with Crippen LogP contribution in [0.5, 0.6) is 0 Å². The van der Waals surface area contributed by atoms with Crippen LogP contribution < -0.4 is 10.0 Å². The lowest BCUT2D eigenvalue weighted by atomic mass is 10.2. The average Bonchev–Trinajstić information content (AvgIpc) is 3.27. The van der Waals surface area contributed by atoms with Gasteiger partial charge < -0.3 is 10.1 Å². The molecule has 2 N–H and O–H groups in total. The average molecular weight is 413 g/mol. The van der Waals surface area contributed by atoms with Crippen LogP contribution >= 0.6 is 11.3 Å². The molecule has 0 unspecified atom stereocenters. The largest absolute Gasteiger partial charge is 0.380 e. The van der Waals surface area contributed by atoms with Crippen molar-refractivity contribution in [3.05, 3.63) is 46.1 Å². The maximum Gasteiger partial charge on any atom is 0.256 e. The summed E-state index contributed by atoms with van der Waals surface area (Å²) >= 11 is 1.08. The Bertz CT molecular complexity index is 950. The number of halogens is 1. The highest BCUT2D eigenvalue weighted by Crippen LogP contribution is 2.28. The molecule has 1 aromatic carbocycles. The number of aryl methyl sites for hydroxylation is 2. The van der Waals surface area contributed by atoms with Gasteiger partial charge in [0.05, 0.1) is 12.2 Å². The first kappa shape index (κ1) is 19.9. The Kier molecular flexibility index (Phi) is 5.95. The first-order chi connectivity index (χ1) is 12.8. The van der Waals surface area contributed by atoms with Gasteiger partial charge in [-0.3, -0.25) is 4.79 Å². The Morgan fingerprint density at radius 1 is 1.37 bits per heavy atom. The fraction of sp³-hybridized carbons (Fsp3) is 0.389. The maximum atomic E-state index is 13.4. The van der Waals surface area contributed by atoms with E-state index in [2.05, 4.69) is 10.0 Å². The number of nitrogens with one attached hydrogen (secondary N) is 2. The van der Waals surface area contributed by atoms with Gasteiger partial charge in [-0.25, -0.2) is 17.5 Å². The van der Waals surface area contributed by atoms with Gasteiger partial charge in [0.25, 0.3) is 5.91 Å². The number of hydrogen-bond acceptors (Lipinski definition) is 5. The van der Waals surface area contributed by atoms with Crippen LogP contribution in [0, 0.1) is 12.7 Å². The summed E-state index contributed by atoms with van der Waals surface area (Å²) in [6, 6.07) is 5.43. The van der Waals surface area contributed by atoms with Crippen LogP contribution in [0.25, 0.3) is 0 Å². The van der Waals surface area contributed by atoms with Crippen molar-refractivity contribution < 1.29 is 22.3 Å². The number of amides is 1. The van der Waals surface area contributed by atoms with Gasteiger partial charge in [0.2, 0.25) is 10.0 Å². The second-order valence-corrected chi connectivity index (χ2v) is 9.43. The van der Waals surface area contributed by atoms with Gasteiger partial charge in [0.1, 0.15) is 10.0 Å². The standard InChI is InChI=1S/C18H21FN2O4S2/c1-3-16-14(18(22)20-12-4-5-15(19)11(2)8-12)9-17(26-16)27(23,24)21-13-6-7-25-10-13/h4-5,8-9,13,21H,3,6-7,10H2,1-2H3,(H,20,22)/t13-/m0/s1. The minimum absolute atomic E-state index is 0.103. The minimum atomic E-state index is -3.72. The van der Waals surface area contributed by atoms with Gasteiger partial charge in [-0.2, -0.15) is 0 Å². The number of carbonyl (C=O) groups is 1. The Morgan fingerprint density at radius 2 is 2.15 bits per heavy atom. The molecule has 1 saturated heterocycles. The predicted molar refractivity (Wildman–Crippen MR) is 102 cm³/mol. The van der Waals surface area contributed by atoms with Crippen molar-refractivity contribution in [2.45, 2.75) is 36.9 Å². The van der Waals surface area contributed by atoms with Crippen LogP contribution in [0.3, 0.4) is 0 Å². The van der Waals surface area contributed by atoms with Gasteiger partial charge >= 0.3 is 0 Å². The lowest BCUT2D eigenvalue weighted by Gasteiger charge is -2.09. The molecule has 1 aromatic heterocycles. The van der Waals surface area contributed by atoms with E-state index in [1.54, 1.807) is 6.92 Å². The highest BCUT2D eigenvalue weighted by Gasteiger charge is 2.27. The minimum Gasteiger partial charge on any atom is -0.380 e. The molecular formula is C18H21FN2O4S2. The van der Waals surface area contributed by atoms with Gasteiger partial charge in [-0.15, -0.1) is 11.3 Å². The number of ether oxygens (including phenoxy) is 1. The SMILES string of the molecule is CCc1sc(S(=O)(=O)N[C@H]2CCOC2)cc1C(=O)Nc1ccc(F)c(C)c1. The summed E-state index contributed by atoms with van der Waals surface area (Å²) in [6.45, 7) is 4.35. The Labute approximate surface area is 161 Å². The summed E-state index contributed by atoms with van der Waals surface area (Å²) in [4.78, 5) is 13.3. The first-order valence-corrected chi connectivity index (χ1v) is 10.9. The number of hydrogen-bond donors (Lipinski definition) is 2. The van der Waals surface area contributed by atoms with E-state index in [1.807, 2.05) is 6.92 Å². The van der Waals surface area contributed by atoms with E-state index >= 15 is 0 Å². The fourth-order valence-corrected chi connectivity index (χ4v) is 5.54. The van der Waals surface area contributed by atoms with Crippen molar-refractivity contribution in [1.29, 1.82) is 0 Å².